The predicted molar refractivity (Wildman–Crippen MR) is 84.3 cm³/mol. The predicted octanol–water partition coefficient (Wildman–Crippen LogP) is 3.82. The molecule has 0 bridgehead atoms. The van der Waals surface area contributed by atoms with Crippen LogP contribution in [0, 0.1) is 5.92 Å². The van der Waals surface area contributed by atoms with E-state index < -0.39 is 0 Å². The van der Waals surface area contributed by atoms with E-state index in [0.29, 0.717) is 0 Å². The minimum absolute atomic E-state index is 0.161. The number of fused-ring (bicyclic) bond motifs is 1. The molecule has 1 saturated carbocycles. The van der Waals surface area contributed by atoms with Gasteiger partial charge in [0.2, 0.25) is 0 Å². The highest BCUT2D eigenvalue weighted by atomic mass is 16.5. The van der Waals surface area contributed by atoms with Gasteiger partial charge in [-0.3, -0.25) is 0 Å². The third kappa shape index (κ3) is 2.58. The first-order valence-corrected chi connectivity index (χ1v) is 7.98. The molecular weight excluding hydrogens is 248 g/mol. The van der Waals surface area contributed by atoms with Crippen molar-refractivity contribution in [2.24, 2.45) is 5.92 Å². The lowest BCUT2D eigenvalue weighted by Gasteiger charge is -2.33. The van der Waals surface area contributed by atoms with Crippen molar-refractivity contribution in [2.75, 3.05) is 17.2 Å². The summed E-state index contributed by atoms with van der Waals surface area (Å²) >= 11 is 0. The summed E-state index contributed by atoms with van der Waals surface area (Å²) in [6.45, 7) is 5.26. The topological polar surface area (TPSA) is 38.5 Å². The summed E-state index contributed by atoms with van der Waals surface area (Å²) in [6, 6.07) is 7.01. The van der Waals surface area contributed by atoms with E-state index in [-0.39, 0.29) is 6.10 Å². The van der Waals surface area contributed by atoms with Crippen LogP contribution < -0.4 is 15.4 Å². The molecule has 2 fully saturated rings. The lowest BCUT2D eigenvalue weighted by atomic mass is 9.85. The van der Waals surface area contributed by atoms with Gasteiger partial charge in [-0.2, -0.15) is 0 Å². The largest absolute Gasteiger partial charge is 0.489 e. The van der Waals surface area contributed by atoms with Crippen LogP contribution in [-0.4, -0.2) is 18.7 Å². The van der Waals surface area contributed by atoms with Gasteiger partial charge in [-0.1, -0.05) is 12.8 Å². The van der Waals surface area contributed by atoms with Gasteiger partial charge in [0.15, 0.2) is 0 Å². The molecule has 110 valence electrons. The minimum atomic E-state index is 0.161. The van der Waals surface area contributed by atoms with Crippen LogP contribution in [0.5, 0.6) is 5.75 Å². The zero-order valence-electron chi connectivity index (χ0n) is 12.6. The monoisotopic (exact) mass is 274 g/mol. The van der Waals surface area contributed by atoms with Crippen LogP contribution in [0.15, 0.2) is 18.2 Å². The maximum absolute atomic E-state index is 6.02. The molecule has 20 heavy (non-hydrogen) atoms. The first-order chi connectivity index (χ1) is 9.65. The van der Waals surface area contributed by atoms with Crippen molar-refractivity contribution in [1.29, 1.82) is 0 Å². The van der Waals surface area contributed by atoms with Crippen LogP contribution in [0.4, 0.5) is 11.4 Å². The molecule has 0 spiro atoms. The van der Waals surface area contributed by atoms with Gasteiger partial charge in [-0.25, -0.2) is 0 Å². The van der Waals surface area contributed by atoms with E-state index in [1.807, 2.05) is 19.9 Å². The Morgan fingerprint density at radius 1 is 1.20 bits per heavy atom. The fourth-order valence-corrected chi connectivity index (χ4v) is 3.78. The summed E-state index contributed by atoms with van der Waals surface area (Å²) in [4.78, 5) is 2.58. The van der Waals surface area contributed by atoms with Gasteiger partial charge in [0.05, 0.1) is 11.8 Å². The molecule has 3 nitrogen and oxygen atoms in total. The number of rotatable bonds is 3. The molecule has 3 heteroatoms. The van der Waals surface area contributed by atoms with Gasteiger partial charge in [-0.05, 0) is 51.2 Å². The molecule has 1 heterocycles. The Kier molecular flexibility index (Phi) is 3.77. The molecule has 0 aromatic heterocycles. The minimum Gasteiger partial charge on any atom is -0.489 e. The first-order valence-electron chi connectivity index (χ1n) is 7.98. The number of hydrogen-bond acceptors (Lipinski definition) is 3. The Bertz CT molecular complexity index is 472. The van der Waals surface area contributed by atoms with Gasteiger partial charge >= 0.3 is 0 Å². The number of benzene rings is 1. The number of nitrogen functional groups attached to an aromatic ring is 1. The zero-order valence-corrected chi connectivity index (χ0v) is 12.6. The molecule has 1 saturated heterocycles. The first kappa shape index (κ1) is 13.6. The van der Waals surface area contributed by atoms with Crippen molar-refractivity contribution in [3.63, 3.8) is 0 Å². The fourth-order valence-electron chi connectivity index (χ4n) is 3.78. The van der Waals surface area contributed by atoms with Crippen LogP contribution in [0.1, 0.15) is 46.0 Å². The summed E-state index contributed by atoms with van der Waals surface area (Å²) < 4.78 is 5.83. The molecule has 2 atom stereocenters. The smallest absolute Gasteiger partial charge is 0.144 e. The molecule has 1 aliphatic carbocycles. The Hall–Kier alpha value is -1.38. The van der Waals surface area contributed by atoms with Crippen molar-refractivity contribution in [1.82, 2.24) is 0 Å². The van der Waals surface area contributed by atoms with E-state index >= 15 is 0 Å². The molecule has 1 aromatic rings. The van der Waals surface area contributed by atoms with Crippen LogP contribution in [0.25, 0.3) is 0 Å². The van der Waals surface area contributed by atoms with Crippen molar-refractivity contribution in [3.05, 3.63) is 18.2 Å². The van der Waals surface area contributed by atoms with Crippen molar-refractivity contribution < 1.29 is 4.74 Å². The second kappa shape index (κ2) is 5.55. The van der Waals surface area contributed by atoms with Crippen molar-refractivity contribution in [2.45, 2.75) is 58.1 Å². The normalized spacial score (nSPS) is 25.9. The Balaban J connectivity index is 1.83. The maximum Gasteiger partial charge on any atom is 0.144 e. The number of nitrogens with two attached hydrogens (primary N) is 1. The maximum atomic E-state index is 6.02. The summed E-state index contributed by atoms with van der Waals surface area (Å²) in [6.07, 6.45) is 7.05. The fraction of sp³-hybridized carbons (Fsp3) is 0.647. The second-order valence-electron chi connectivity index (χ2n) is 6.48. The van der Waals surface area contributed by atoms with Crippen molar-refractivity contribution in [3.8, 4) is 5.75 Å². The quantitative estimate of drug-likeness (QED) is 0.851. The lowest BCUT2D eigenvalue weighted by Crippen LogP contribution is -2.34. The Morgan fingerprint density at radius 2 is 2.00 bits per heavy atom. The van der Waals surface area contributed by atoms with Gasteiger partial charge in [0, 0.05) is 24.3 Å². The molecule has 1 aliphatic heterocycles. The third-order valence-corrected chi connectivity index (χ3v) is 4.70. The SMILES string of the molecule is CC(C)Oc1cc(N2CCC3CCCCC32)ccc1N. The standard InChI is InChI=1S/C17H26N2O/c1-12(2)20-17-11-14(7-8-15(17)18)19-10-9-13-5-3-4-6-16(13)19/h7-8,11-13,16H,3-6,9-10,18H2,1-2H3. The highest BCUT2D eigenvalue weighted by Gasteiger charge is 2.35. The Labute approximate surface area is 122 Å². The van der Waals surface area contributed by atoms with E-state index in [1.54, 1.807) is 0 Å². The highest BCUT2D eigenvalue weighted by molar-refractivity contribution is 5.63. The second-order valence-corrected chi connectivity index (χ2v) is 6.48. The summed E-state index contributed by atoms with van der Waals surface area (Å²) in [5, 5.41) is 0. The number of nitrogens with zero attached hydrogens (tertiary/aromatic N) is 1. The average Bonchev–Trinajstić information content (AvgIpc) is 2.85. The van der Waals surface area contributed by atoms with Crippen LogP contribution in [0.3, 0.4) is 0 Å². The molecule has 0 radical (unpaired) electrons. The molecule has 3 rings (SSSR count). The average molecular weight is 274 g/mol. The van der Waals surface area contributed by atoms with E-state index in [0.717, 1.165) is 23.4 Å². The van der Waals surface area contributed by atoms with Crippen LogP contribution in [0.2, 0.25) is 0 Å². The van der Waals surface area contributed by atoms with E-state index in [1.165, 1.54) is 44.3 Å². The zero-order chi connectivity index (χ0) is 14.1. The van der Waals surface area contributed by atoms with Gasteiger partial charge in [0.1, 0.15) is 5.75 Å². The van der Waals surface area contributed by atoms with Gasteiger partial charge in [-0.15, -0.1) is 0 Å². The summed E-state index contributed by atoms with van der Waals surface area (Å²) in [7, 11) is 0. The summed E-state index contributed by atoms with van der Waals surface area (Å²) in [5.74, 6) is 1.73. The van der Waals surface area contributed by atoms with Crippen LogP contribution in [-0.2, 0) is 0 Å². The lowest BCUT2D eigenvalue weighted by molar-refractivity contribution is 0.244. The molecule has 0 amide bonds. The third-order valence-electron chi connectivity index (χ3n) is 4.70. The Morgan fingerprint density at radius 3 is 2.80 bits per heavy atom. The van der Waals surface area contributed by atoms with Gasteiger partial charge in [0.25, 0.3) is 0 Å². The number of ether oxygens (including phenoxy) is 1. The van der Waals surface area contributed by atoms with E-state index in [9.17, 15) is 0 Å². The molecular formula is C17H26N2O. The molecule has 2 unspecified atom stereocenters. The van der Waals surface area contributed by atoms with Crippen LogP contribution >= 0.6 is 0 Å². The molecule has 1 aromatic carbocycles. The molecule has 2 aliphatic rings. The van der Waals surface area contributed by atoms with E-state index in [4.69, 9.17) is 10.5 Å². The molecule has 2 N–H and O–H groups in total. The van der Waals surface area contributed by atoms with Crippen molar-refractivity contribution >= 4 is 11.4 Å². The van der Waals surface area contributed by atoms with E-state index in [2.05, 4.69) is 17.0 Å². The van der Waals surface area contributed by atoms with Gasteiger partial charge < -0.3 is 15.4 Å². The summed E-state index contributed by atoms with van der Waals surface area (Å²) in [5.41, 5.74) is 8.04. The highest BCUT2D eigenvalue weighted by Crippen LogP contribution is 2.40. The number of anilines is 2. The number of hydrogen-bond donors (Lipinski definition) is 1.